The van der Waals surface area contributed by atoms with E-state index in [4.69, 9.17) is 0 Å². The Bertz CT molecular complexity index is 998. The summed E-state index contributed by atoms with van der Waals surface area (Å²) in [4.78, 5) is 6.69. The lowest BCUT2D eigenvalue weighted by Gasteiger charge is -2.30. The topological polar surface area (TPSA) is 40.2 Å². The number of hydrogen-bond acceptors (Lipinski definition) is 4. The van der Waals surface area contributed by atoms with Gasteiger partial charge in [0.2, 0.25) is 0 Å². The van der Waals surface area contributed by atoms with E-state index in [9.17, 15) is 0 Å². The van der Waals surface area contributed by atoms with Crippen LogP contribution in [0.1, 0.15) is 25.0 Å². The zero-order valence-corrected chi connectivity index (χ0v) is 18.5. The van der Waals surface area contributed by atoms with E-state index in [-0.39, 0.29) is 0 Å². The van der Waals surface area contributed by atoms with Crippen LogP contribution in [0.5, 0.6) is 0 Å². The summed E-state index contributed by atoms with van der Waals surface area (Å²) >= 11 is 0. The van der Waals surface area contributed by atoms with Crippen LogP contribution < -0.4 is 15.5 Å². The first kappa shape index (κ1) is 21.0. The second-order valence-electron chi connectivity index (χ2n) is 8.34. The minimum absolute atomic E-state index is 0.543. The molecule has 0 radical (unpaired) electrons. The number of nitrogens with one attached hydrogen (secondary N) is 2. The molecule has 0 fully saturated rings. The Labute approximate surface area is 186 Å². The largest absolute Gasteiger partial charge is 0.372 e. The smallest absolute Gasteiger partial charge is 0.0843 e. The van der Waals surface area contributed by atoms with Gasteiger partial charge in [0.1, 0.15) is 0 Å². The van der Waals surface area contributed by atoms with Gasteiger partial charge >= 0.3 is 0 Å². The van der Waals surface area contributed by atoms with Crippen LogP contribution in [0.25, 0.3) is 11.1 Å². The Hall–Kier alpha value is -3.27. The highest BCUT2D eigenvalue weighted by Crippen LogP contribution is 2.29. The maximum atomic E-state index is 4.16. The summed E-state index contributed by atoms with van der Waals surface area (Å²) < 4.78 is 0. The summed E-state index contributed by atoms with van der Waals surface area (Å²) in [5.74, 6) is 0.543. The van der Waals surface area contributed by atoms with Crippen LogP contribution >= 0.6 is 0 Å². The molecule has 2 heterocycles. The summed E-state index contributed by atoms with van der Waals surface area (Å²) in [6.45, 7) is 7.30. The Morgan fingerprint density at radius 1 is 1.00 bits per heavy atom. The van der Waals surface area contributed by atoms with E-state index in [2.05, 4.69) is 101 Å². The third-order valence-electron chi connectivity index (χ3n) is 5.83. The number of hydrogen-bond donors (Lipinski definition) is 2. The number of pyridine rings is 1. The van der Waals surface area contributed by atoms with Gasteiger partial charge < -0.3 is 15.5 Å². The highest BCUT2D eigenvalue weighted by atomic mass is 15.2. The van der Waals surface area contributed by atoms with Crippen molar-refractivity contribution in [2.75, 3.05) is 24.7 Å². The van der Waals surface area contributed by atoms with Crippen LogP contribution in [-0.4, -0.2) is 24.7 Å². The molecule has 2 N–H and O–H groups in total. The lowest BCUT2D eigenvalue weighted by molar-refractivity contribution is 0.561. The van der Waals surface area contributed by atoms with Crippen LogP contribution in [0, 0.1) is 5.92 Å². The van der Waals surface area contributed by atoms with Crippen molar-refractivity contribution in [3.63, 3.8) is 0 Å². The van der Waals surface area contributed by atoms with Crippen molar-refractivity contribution < 1.29 is 0 Å². The third kappa shape index (κ3) is 5.46. The molecule has 31 heavy (non-hydrogen) atoms. The standard InChI is InChI=1S/C27H32N4/c1-3-23-16-25(24-11-13-28-14-12-24)9-10-27(23)31(19-26-17-29-20-30-26)18-21(2)15-22-7-5-4-6-8-22/h4-14,16-17,21,29-30H,3,15,18-20H2,1-2H3. The van der Waals surface area contributed by atoms with Crippen molar-refractivity contribution in [2.24, 2.45) is 5.92 Å². The van der Waals surface area contributed by atoms with Crippen LogP contribution in [0.3, 0.4) is 0 Å². The maximum absolute atomic E-state index is 4.16. The van der Waals surface area contributed by atoms with Crippen LogP contribution in [0.15, 0.2) is 85.0 Å². The van der Waals surface area contributed by atoms with Gasteiger partial charge in [-0.25, -0.2) is 0 Å². The van der Waals surface area contributed by atoms with Crippen molar-refractivity contribution in [1.29, 1.82) is 0 Å². The number of aromatic nitrogens is 1. The lowest BCUT2D eigenvalue weighted by Crippen LogP contribution is -2.34. The van der Waals surface area contributed by atoms with E-state index >= 15 is 0 Å². The first-order valence-corrected chi connectivity index (χ1v) is 11.2. The van der Waals surface area contributed by atoms with E-state index < -0.39 is 0 Å². The molecule has 1 atom stereocenters. The Kier molecular flexibility index (Phi) is 6.88. The number of anilines is 1. The molecule has 3 aromatic rings. The number of rotatable bonds is 9. The summed E-state index contributed by atoms with van der Waals surface area (Å²) in [5.41, 5.74) is 7.82. The van der Waals surface area contributed by atoms with Gasteiger partial charge in [0.15, 0.2) is 0 Å². The molecular weight excluding hydrogens is 380 g/mol. The highest BCUT2D eigenvalue weighted by molar-refractivity contribution is 5.69. The average molecular weight is 413 g/mol. The lowest BCUT2D eigenvalue weighted by atomic mass is 9.98. The van der Waals surface area contributed by atoms with Crippen molar-refractivity contribution >= 4 is 5.69 Å². The molecule has 4 rings (SSSR count). The normalized spacial score (nSPS) is 13.8. The molecule has 1 aliphatic rings. The van der Waals surface area contributed by atoms with Gasteiger partial charge in [-0.05, 0) is 65.3 Å². The summed E-state index contributed by atoms with van der Waals surface area (Å²) in [6.07, 6.45) is 7.91. The van der Waals surface area contributed by atoms with Gasteiger partial charge in [0.25, 0.3) is 0 Å². The SMILES string of the molecule is CCc1cc(-c2ccncc2)ccc1N(CC1=CNCN1)CC(C)Cc1ccccc1. The van der Waals surface area contributed by atoms with E-state index in [1.807, 2.05) is 12.4 Å². The number of nitrogens with zero attached hydrogens (tertiary/aromatic N) is 2. The monoisotopic (exact) mass is 412 g/mol. The quantitative estimate of drug-likeness (QED) is 0.520. The van der Waals surface area contributed by atoms with Crippen molar-refractivity contribution in [2.45, 2.75) is 26.7 Å². The molecule has 0 aliphatic carbocycles. The van der Waals surface area contributed by atoms with Crippen molar-refractivity contribution in [3.05, 3.63) is 96.1 Å². The summed E-state index contributed by atoms with van der Waals surface area (Å²) in [6, 6.07) is 21.8. The van der Waals surface area contributed by atoms with Crippen LogP contribution in [-0.2, 0) is 12.8 Å². The Morgan fingerprint density at radius 2 is 1.81 bits per heavy atom. The van der Waals surface area contributed by atoms with E-state index in [0.29, 0.717) is 5.92 Å². The van der Waals surface area contributed by atoms with Gasteiger partial charge in [-0.2, -0.15) is 0 Å². The van der Waals surface area contributed by atoms with Crippen LogP contribution in [0.4, 0.5) is 5.69 Å². The van der Waals surface area contributed by atoms with E-state index in [1.165, 1.54) is 33.6 Å². The molecule has 0 saturated heterocycles. The number of aryl methyl sites for hydroxylation is 1. The van der Waals surface area contributed by atoms with Gasteiger partial charge in [0.05, 0.1) is 13.2 Å². The molecule has 0 spiro atoms. The molecule has 0 saturated carbocycles. The first-order valence-electron chi connectivity index (χ1n) is 11.2. The zero-order chi connectivity index (χ0) is 21.5. The minimum atomic E-state index is 0.543. The molecule has 1 aliphatic heterocycles. The molecular formula is C27H32N4. The summed E-state index contributed by atoms with van der Waals surface area (Å²) in [5, 5.41) is 6.73. The third-order valence-corrected chi connectivity index (χ3v) is 5.83. The van der Waals surface area contributed by atoms with Gasteiger partial charge in [0, 0.05) is 36.5 Å². The fourth-order valence-electron chi connectivity index (χ4n) is 4.30. The predicted octanol–water partition coefficient (Wildman–Crippen LogP) is 4.99. The fourth-order valence-corrected chi connectivity index (χ4v) is 4.30. The maximum Gasteiger partial charge on any atom is 0.0843 e. The first-order chi connectivity index (χ1) is 15.2. The minimum Gasteiger partial charge on any atom is -0.372 e. The van der Waals surface area contributed by atoms with Crippen molar-refractivity contribution in [1.82, 2.24) is 15.6 Å². The molecule has 4 heteroatoms. The zero-order valence-electron chi connectivity index (χ0n) is 18.5. The second-order valence-corrected chi connectivity index (χ2v) is 8.34. The average Bonchev–Trinajstić information content (AvgIpc) is 3.32. The Morgan fingerprint density at radius 3 is 2.52 bits per heavy atom. The molecule has 0 amide bonds. The van der Waals surface area contributed by atoms with Gasteiger partial charge in [-0.15, -0.1) is 0 Å². The number of benzene rings is 2. The van der Waals surface area contributed by atoms with Gasteiger partial charge in [-0.3, -0.25) is 4.98 Å². The molecule has 1 unspecified atom stereocenters. The molecule has 4 nitrogen and oxygen atoms in total. The fraction of sp³-hybridized carbons (Fsp3) is 0.296. The Balaban J connectivity index is 1.59. The summed E-state index contributed by atoms with van der Waals surface area (Å²) in [7, 11) is 0. The molecule has 1 aromatic heterocycles. The van der Waals surface area contributed by atoms with E-state index in [0.717, 1.165) is 32.6 Å². The van der Waals surface area contributed by atoms with Crippen molar-refractivity contribution in [3.8, 4) is 11.1 Å². The molecule has 2 aromatic carbocycles. The highest BCUT2D eigenvalue weighted by Gasteiger charge is 2.18. The molecule has 160 valence electrons. The van der Waals surface area contributed by atoms with Crippen LogP contribution in [0.2, 0.25) is 0 Å². The molecule has 0 bridgehead atoms. The second kappa shape index (κ2) is 10.2. The van der Waals surface area contributed by atoms with Gasteiger partial charge in [-0.1, -0.05) is 50.2 Å². The predicted molar refractivity (Wildman–Crippen MR) is 130 cm³/mol. The van der Waals surface area contributed by atoms with E-state index in [1.54, 1.807) is 0 Å².